The maximum Gasteiger partial charge on any atom is 0.398 e. The fourth-order valence-electron chi connectivity index (χ4n) is 5.05. The van der Waals surface area contributed by atoms with Crippen LogP contribution in [-0.2, 0) is 10.2 Å². The van der Waals surface area contributed by atoms with Gasteiger partial charge in [-0.15, -0.1) is 0 Å². The van der Waals surface area contributed by atoms with Crippen molar-refractivity contribution in [2.75, 3.05) is 13.2 Å². The topological polar surface area (TPSA) is 123 Å². The fourth-order valence-corrected chi connectivity index (χ4v) is 5.60. The molecule has 0 bridgehead atoms. The molecule has 1 aliphatic carbocycles. The smallest absolute Gasteiger partial charge is 0.398 e. The summed E-state index contributed by atoms with van der Waals surface area (Å²) >= 11 is 3.41. The van der Waals surface area contributed by atoms with Crippen LogP contribution in [0, 0.1) is 5.82 Å². The van der Waals surface area contributed by atoms with Crippen molar-refractivity contribution in [1.82, 2.24) is 20.3 Å². The van der Waals surface area contributed by atoms with E-state index in [1.807, 2.05) is 0 Å². The number of aromatic nitrogens is 3. The van der Waals surface area contributed by atoms with Crippen molar-refractivity contribution in [1.29, 1.82) is 0 Å². The summed E-state index contributed by atoms with van der Waals surface area (Å²) < 4.78 is 63.4. The van der Waals surface area contributed by atoms with E-state index < -0.39 is 47.4 Å². The number of hydrogen-bond acceptors (Lipinski definition) is 5. The number of primary amides is 1. The quantitative estimate of drug-likeness (QED) is 0.225. The Morgan fingerprint density at radius 3 is 2.55 bits per heavy atom. The van der Waals surface area contributed by atoms with Crippen molar-refractivity contribution in [3.63, 3.8) is 0 Å². The first-order valence-electron chi connectivity index (χ1n) is 13.1. The van der Waals surface area contributed by atoms with Crippen LogP contribution in [0.2, 0.25) is 0 Å². The number of nitrogens with one attached hydrogen (secondary N) is 2. The van der Waals surface area contributed by atoms with Crippen LogP contribution >= 0.6 is 15.9 Å². The second-order valence-corrected chi connectivity index (χ2v) is 11.7. The number of ether oxygens (including phenoxy) is 1. The van der Waals surface area contributed by atoms with Crippen molar-refractivity contribution in [2.45, 2.75) is 43.2 Å². The van der Waals surface area contributed by atoms with Gasteiger partial charge < -0.3 is 20.8 Å². The summed E-state index contributed by atoms with van der Waals surface area (Å²) in [6, 6.07) is 9.20. The Balaban J connectivity index is 1.35. The molecule has 2 aromatic carbocycles. The number of alkyl halides is 3. The molecule has 4 N–H and O–H groups in total. The van der Waals surface area contributed by atoms with Crippen LogP contribution in [-0.4, -0.2) is 46.1 Å². The van der Waals surface area contributed by atoms with Gasteiger partial charge in [0.1, 0.15) is 46.5 Å². The van der Waals surface area contributed by atoms with Crippen LogP contribution in [0.25, 0.3) is 22.3 Å². The van der Waals surface area contributed by atoms with Gasteiger partial charge in [0.05, 0.1) is 11.2 Å². The number of H-pyrrole nitrogens is 1. The van der Waals surface area contributed by atoms with Crippen molar-refractivity contribution in [2.24, 2.45) is 5.73 Å². The van der Waals surface area contributed by atoms with Gasteiger partial charge in [0, 0.05) is 33.6 Å². The molecule has 0 radical (unpaired) electrons. The average molecular weight is 646 g/mol. The number of amides is 2. The predicted molar refractivity (Wildman–Crippen MR) is 149 cm³/mol. The first-order valence-corrected chi connectivity index (χ1v) is 13.9. The zero-order valence-electron chi connectivity index (χ0n) is 22.1. The number of hydrogen-bond donors (Lipinski definition) is 3. The van der Waals surface area contributed by atoms with Gasteiger partial charge in [-0.3, -0.25) is 9.59 Å². The Bertz CT molecular complexity index is 1740. The SMILES string of the molecule is C[C@]1(C(N)=O)COc2c1cc(C(CNC(=O)c1cc(Br)c3nc(C4CC4)[nH]c3c1)C(F)(F)F)nc2-c1ccc(F)cc1. The highest BCUT2D eigenvalue weighted by molar-refractivity contribution is 9.10. The van der Waals surface area contributed by atoms with Crippen molar-refractivity contribution >= 4 is 38.8 Å². The molecule has 2 amide bonds. The minimum absolute atomic E-state index is 0.00754. The molecule has 0 saturated heterocycles. The summed E-state index contributed by atoms with van der Waals surface area (Å²) in [7, 11) is 0. The Kier molecular flexibility index (Phi) is 6.75. The highest BCUT2D eigenvalue weighted by atomic mass is 79.9. The second-order valence-electron chi connectivity index (χ2n) is 10.8. The maximum atomic E-state index is 14.5. The number of imidazole rings is 1. The van der Waals surface area contributed by atoms with E-state index in [0.717, 1.165) is 36.9 Å². The van der Waals surface area contributed by atoms with E-state index >= 15 is 0 Å². The number of nitrogens with two attached hydrogens (primary N) is 1. The largest absolute Gasteiger partial charge is 0.489 e. The summed E-state index contributed by atoms with van der Waals surface area (Å²) in [5.41, 5.74) is 5.56. The lowest BCUT2D eigenvalue weighted by molar-refractivity contribution is -0.149. The van der Waals surface area contributed by atoms with Gasteiger partial charge in [-0.1, -0.05) is 0 Å². The molecule has 4 aromatic rings. The zero-order chi connectivity index (χ0) is 30.0. The van der Waals surface area contributed by atoms with Gasteiger partial charge in [0.15, 0.2) is 0 Å². The van der Waals surface area contributed by atoms with E-state index in [2.05, 4.69) is 36.2 Å². The third-order valence-electron chi connectivity index (χ3n) is 7.76. The number of carbonyl (C=O) groups excluding carboxylic acids is 2. The summed E-state index contributed by atoms with van der Waals surface area (Å²) in [6.07, 6.45) is -2.79. The Morgan fingerprint density at radius 2 is 1.90 bits per heavy atom. The molecule has 13 heteroatoms. The van der Waals surface area contributed by atoms with Crippen LogP contribution in [0.4, 0.5) is 17.6 Å². The van der Waals surface area contributed by atoms with Gasteiger partial charge >= 0.3 is 6.18 Å². The summed E-state index contributed by atoms with van der Waals surface area (Å²) in [4.78, 5) is 37.5. The molecule has 6 rings (SSSR count). The zero-order valence-corrected chi connectivity index (χ0v) is 23.7. The van der Waals surface area contributed by atoms with Gasteiger partial charge in [0.25, 0.3) is 5.91 Å². The number of carbonyl (C=O) groups is 2. The lowest BCUT2D eigenvalue weighted by Gasteiger charge is -2.24. The van der Waals surface area contributed by atoms with E-state index in [0.29, 0.717) is 21.4 Å². The van der Waals surface area contributed by atoms with Crippen LogP contribution in [0.5, 0.6) is 5.75 Å². The molecule has 3 heterocycles. The number of pyridine rings is 1. The summed E-state index contributed by atoms with van der Waals surface area (Å²) in [5.74, 6) is -3.05. The number of fused-ring (bicyclic) bond motifs is 2. The van der Waals surface area contributed by atoms with E-state index in [1.54, 1.807) is 6.07 Å². The van der Waals surface area contributed by atoms with Crippen molar-refractivity contribution < 1.29 is 31.9 Å². The molecule has 42 heavy (non-hydrogen) atoms. The average Bonchev–Trinajstić information content (AvgIpc) is 3.60. The molecular formula is C29H24BrF4N5O3. The first kappa shape index (κ1) is 28.1. The lowest BCUT2D eigenvalue weighted by atomic mass is 9.82. The van der Waals surface area contributed by atoms with E-state index in [9.17, 15) is 27.2 Å². The van der Waals surface area contributed by atoms with E-state index in [1.165, 1.54) is 25.1 Å². The van der Waals surface area contributed by atoms with E-state index in [-0.39, 0.29) is 34.7 Å². The summed E-state index contributed by atoms with van der Waals surface area (Å²) in [6.45, 7) is 0.441. The molecule has 218 valence electrons. The van der Waals surface area contributed by atoms with E-state index in [4.69, 9.17) is 10.5 Å². The van der Waals surface area contributed by atoms with Gasteiger partial charge in [0.2, 0.25) is 5.91 Å². The molecule has 1 unspecified atom stereocenters. The lowest BCUT2D eigenvalue weighted by Crippen LogP contribution is -2.40. The number of halogens is 5. The Morgan fingerprint density at radius 1 is 1.19 bits per heavy atom. The minimum Gasteiger partial charge on any atom is -0.489 e. The molecule has 2 aliphatic rings. The molecule has 1 fully saturated rings. The Labute approximate surface area is 245 Å². The monoisotopic (exact) mass is 645 g/mol. The van der Waals surface area contributed by atoms with Crippen molar-refractivity contribution in [3.8, 4) is 17.0 Å². The normalized spacial score (nSPS) is 18.9. The molecule has 8 nitrogen and oxygen atoms in total. The van der Waals surface area contributed by atoms with Crippen LogP contribution in [0.3, 0.4) is 0 Å². The van der Waals surface area contributed by atoms with Crippen LogP contribution in [0.1, 0.15) is 59.0 Å². The minimum atomic E-state index is -4.83. The predicted octanol–water partition coefficient (Wildman–Crippen LogP) is 5.62. The fraction of sp³-hybridized carbons (Fsp3) is 0.310. The van der Waals surface area contributed by atoms with Gasteiger partial charge in [-0.05, 0) is 78.2 Å². The molecule has 0 spiro atoms. The Hall–Kier alpha value is -4.00. The molecule has 2 atom stereocenters. The first-order chi connectivity index (χ1) is 19.8. The summed E-state index contributed by atoms with van der Waals surface area (Å²) in [5, 5.41) is 2.39. The molecular weight excluding hydrogens is 622 g/mol. The van der Waals surface area contributed by atoms with Gasteiger partial charge in [-0.25, -0.2) is 14.4 Å². The molecule has 1 aliphatic heterocycles. The maximum absolute atomic E-state index is 14.5. The highest BCUT2D eigenvalue weighted by Gasteiger charge is 2.47. The number of nitrogens with zero attached hydrogens (tertiary/aromatic N) is 2. The number of aromatic amines is 1. The van der Waals surface area contributed by atoms with Crippen LogP contribution < -0.4 is 15.8 Å². The number of rotatable bonds is 7. The standard InChI is InChI=1S/C29H24BrF4N5O3/c1-28(27(35)41)12-42-24-17(28)10-20(37-22(24)13-4-6-16(31)7-5-13)18(29(32,33)34)11-36-26(40)15-8-19(30)23-21(9-15)38-25(39-23)14-2-3-14/h4-10,14,18H,2-3,11-12H2,1H3,(H2,35,41)(H,36,40)(H,38,39)/t18?,28-/m0/s1. The third-order valence-corrected chi connectivity index (χ3v) is 8.36. The van der Waals surface area contributed by atoms with Gasteiger partial charge in [-0.2, -0.15) is 13.2 Å². The third kappa shape index (κ3) is 4.99. The van der Waals surface area contributed by atoms with Crippen LogP contribution in [0.15, 0.2) is 46.9 Å². The highest BCUT2D eigenvalue weighted by Crippen LogP contribution is 2.46. The molecule has 2 aromatic heterocycles. The van der Waals surface area contributed by atoms with Crippen molar-refractivity contribution in [3.05, 3.63) is 75.4 Å². The molecule has 1 saturated carbocycles. The second kappa shape index (κ2) is 10.1. The number of benzene rings is 2.